The van der Waals surface area contributed by atoms with Gasteiger partial charge in [-0.15, -0.1) is 0 Å². The van der Waals surface area contributed by atoms with E-state index in [4.69, 9.17) is 12.2 Å². The smallest absolute Gasteiger partial charge is 0.128 e. The first-order chi connectivity index (χ1) is 17.1. The average molecular weight is 480 g/mol. The summed E-state index contributed by atoms with van der Waals surface area (Å²) in [6.45, 7) is 3.07. The van der Waals surface area contributed by atoms with E-state index in [0.29, 0.717) is 4.99 Å². The van der Waals surface area contributed by atoms with Crippen LogP contribution in [-0.2, 0) is 13.0 Å². The van der Waals surface area contributed by atoms with Gasteiger partial charge in [0.2, 0.25) is 0 Å². The molecular formula is C30H26FN3S. The lowest BCUT2D eigenvalue weighted by Gasteiger charge is -2.12. The number of rotatable bonds is 4. The van der Waals surface area contributed by atoms with Crippen LogP contribution in [0.3, 0.4) is 0 Å². The molecule has 0 saturated carbocycles. The molecule has 35 heavy (non-hydrogen) atoms. The van der Waals surface area contributed by atoms with Crippen molar-refractivity contribution in [2.24, 2.45) is 0 Å². The van der Waals surface area contributed by atoms with Gasteiger partial charge in [-0.3, -0.25) is 4.40 Å². The van der Waals surface area contributed by atoms with E-state index in [1.54, 1.807) is 0 Å². The molecule has 0 radical (unpaired) electrons. The minimum Gasteiger partial charge on any atom is -0.345 e. The average Bonchev–Trinajstić information content (AvgIpc) is 3.28. The summed E-state index contributed by atoms with van der Waals surface area (Å²) in [5.74, 6) is -0.235. The summed E-state index contributed by atoms with van der Waals surface area (Å²) in [5.41, 5.74) is 10.1. The Balaban J connectivity index is 1.62. The maximum Gasteiger partial charge on any atom is 0.128 e. The summed E-state index contributed by atoms with van der Waals surface area (Å²) in [6, 6.07) is 25.5. The Morgan fingerprint density at radius 2 is 1.60 bits per heavy atom. The fraction of sp³-hybridized carbons (Fsp3) is 0.167. The minimum absolute atomic E-state index is 0.235. The predicted octanol–water partition coefficient (Wildman–Crippen LogP) is 7.65. The van der Waals surface area contributed by atoms with Crippen molar-refractivity contribution in [2.45, 2.75) is 32.7 Å². The summed E-state index contributed by atoms with van der Waals surface area (Å²) in [6.07, 6.45) is 5.39. The number of thiocarbonyl (C=S) groups is 1. The highest BCUT2D eigenvalue weighted by atomic mass is 32.1. The van der Waals surface area contributed by atoms with Crippen molar-refractivity contribution in [2.75, 3.05) is 5.32 Å². The van der Waals surface area contributed by atoms with Crippen LogP contribution in [0.25, 0.3) is 28.0 Å². The van der Waals surface area contributed by atoms with E-state index in [0.717, 1.165) is 48.3 Å². The first-order valence-electron chi connectivity index (χ1n) is 12.1. The molecule has 0 atom stereocenters. The lowest BCUT2D eigenvalue weighted by Crippen LogP contribution is -2.14. The first-order valence-corrected chi connectivity index (χ1v) is 12.5. The largest absolute Gasteiger partial charge is 0.345 e. The van der Waals surface area contributed by atoms with Gasteiger partial charge in [0, 0.05) is 29.6 Å². The third kappa shape index (κ3) is 3.86. The number of nitrogens with zero attached hydrogens (tertiary/aromatic N) is 2. The summed E-state index contributed by atoms with van der Waals surface area (Å²) in [7, 11) is 0. The van der Waals surface area contributed by atoms with Crippen LogP contribution in [0.1, 0.15) is 29.7 Å². The molecule has 6 rings (SSSR count). The van der Waals surface area contributed by atoms with Gasteiger partial charge in [-0.1, -0.05) is 72.4 Å². The Morgan fingerprint density at radius 1 is 0.886 bits per heavy atom. The Morgan fingerprint density at radius 3 is 2.34 bits per heavy atom. The van der Waals surface area contributed by atoms with Crippen LogP contribution in [-0.4, -0.2) is 14.0 Å². The quantitative estimate of drug-likeness (QED) is 0.267. The standard InChI is InChI=1S/C30H26FN3S/c1-20-10-12-21(13-11-20)26-19-34-28(29(35)32-24-7-3-2-4-8-24)27(22-14-16-23(31)17-15-22)25-9-5-6-18-33(26)30(25)34/h2-4,7-8,10-17,19H,5-6,9,18H2,1H3,(H,32,35). The number of anilines is 1. The fourth-order valence-electron chi connectivity index (χ4n) is 5.20. The number of benzene rings is 3. The third-order valence-electron chi connectivity index (χ3n) is 6.86. The first kappa shape index (κ1) is 21.8. The molecule has 1 aliphatic heterocycles. The van der Waals surface area contributed by atoms with Crippen molar-refractivity contribution in [3.05, 3.63) is 108 Å². The normalized spacial score (nSPS) is 13.1. The van der Waals surface area contributed by atoms with Crippen molar-refractivity contribution < 1.29 is 4.39 Å². The molecule has 5 heteroatoms. The zero-order valence-corrected chi connectivity index (χ0v) is 20.4. The highest BCUT2D eigenvalue weighted by Crippen LogP contribution is 2.40. The number of para-hydroxylation sites is 1. The molecule has 0 saturated heterocycles. The summed E-state index contributed by atoms with van der Waals surface area (Å²) in [4.78, 5) is 0.657. The number of nitrogens with one attached hydrogen (secondary N) is 1. The molecule has 0 bridgehead atoms. The third-order valence-corrected chi connectivity index (χ3v) is 7.16. The van der Waals surface area contributed by atoms with Gasteiger partial charge in [0.1, 0.15) is 16.5 Å². The van der Waals surface area contributed by atoms with Crippen LogP contribution in [0.4, 0.5) is 10.1 Å². The SMILES string of the molecule is Cc1ccc(-c2cn3c(C(=S)Nc4ccccc4)c(-c4ccc(F)cc4)c4c3n2CCCC4)cc1. The Bertz CT molecular complexity index is 1530. The molecule has 5 aromatic rings. The molecule has 2 aromatic heterocycles. The van der Waals surface area contributed by atoms with Gasteiger partial charge < -0.3 is 9.88 Å². The van der Waals surface area contributed by atoms with Crippen LogP contribution >= 0.6 is 12.2 Å². The predicted molar refractivity (Wildman–Crippen MR) is 146 cm³/mol. The van der Waals surface area contributed by atoms with Crippen molar-refractivity contribution in [1.82, 2.24) is 8.97 Å². The van der Waals surface area contributed by atoms with E-state index in [2.05, 4.69) is 51.7 Å². The summed E-state index contributed by atoms with van der Waals surface area (Å²) < 4.78 is 18.5. The lowest BCUT2D eigenvalue weighted by atomic mass is 9.98. The molecule has 0 spiro atoms. The molecular weight excluding hydrogens is 453 g/mol. The van der Waals surface area contributed by atoms with Crippen molar-refractivity contribution in [3.63, 3.8) is 0 Å². The van der Waals surface area contributed by atoms with E-state index >= 15 is 0 Å². The molecule has 0 amide bonds. The van der Waals surface area contributed by atoms with Gasteiger partial charge in [0.15, 0.2) is 0 Å². The van der Waals surface area contributed by atoms with Crippen LogP contribution < -0.4 is 5.32 Å². The second-order valence-electron chi connectivity index (χ2n) is 9.21. The van der Waals surface area contributed by atoms with Crippen LogP contribution in [0.15, 0.2) is 85.1 Å². The number of hydrogen-bond acceptors (Lipinski definition) is 1. The maximum atomic E-state index is 13.8. The highest BCUT2D eigenvalue weighted by molar-refractivity contribution is 7.81. The Kier molecular flexibility index (Phi) is 5.50. The van der Waals surface area contributed by atoms with Crippen molar-refractivity contribution >= 4 is 28.5 Å². The van der Waals surface area contributed by atoms with E-state index in [1.165, 1.54) is 40.2 Å². The number of aryl methyl sites for hydroxylation is 3. The molecule has 0 unspecified atom stereocenters. The molecule has 3 heterocycles. The summed E-state index contributed by atoms with van der Waals surface area (Å²) in [5, 5.41) is 3.45. The number of imidazole rings is 1. The van der Waals surface area contributed by atoms with Gasteiger partial charge in [-0.2, -0.15) is 0 Å². The van der Waals surface area contributed by atoms with Gasteiger partial charge in [-0.25, -0.2) is 4.39 Å². The Labute approximate surface area is 209 Å². The number of hydrogen-bond donors (Lipinski definition) is 1. The zero-order valence-electron chi connectivity index (χ0n) is 19.6. The molecule has 174 valence electrons. The molecule has 1 aliphatic rings. The van der Waals surface area contributed by atoms with Gasteiger partial charge >= 0.3 is 0 Å². The minimum atomic E-state index is -0.235. The van der Waals surface area contributed by atoms with Gasteiger partial charge in [0.25, 0.3) is 0 Å². The van der Waals surface area contributed by atoms with Crippen LogP contribution in [0.5, 0.6) is 0 Å². The molecule has 1 N–H and O–H groups in total. The second-order valence-corrected chi connectivity index (χ2v) is 9.62. The zero-order chi connectivity index (χ0) is 23.9. The molecule has 0 aliphatic carbocycles. The van der Waals surface area contributed by atoms with E-state index in [9.17, 15) is 4.39 Å². The maximum absolute atomic E-state index is 13.8. The Hall–Kier alpha value is -3.70. The van der Waals surface area contributed by atoms with Gasteiger partial charge in [-0.05, 0) is 61.6 Å². The van der Waals surface area contributed by atoms with Crippen LogP contribution in [0.2, 0.25) is 0 Å². The van der Waals surface area contributed by atoms with Crippen LogP contribution in [0, 0.1) is 12.7 Å². The van der Waals surface area contributed by atoms with E-state index in [1.807, 2.05) is 42.5 Å². The van der Waals surface area contributed by atoms with Gasteiger partial charge in [0.05, 0.1) is 11.4 Å². The molecule has 3 nitrogen and oxygen atoms in total. The monoisotopic (exact) mass is 479 g/mol. The number of halogens is 1. The molecule has 0 fully saturated rings. The topological polar surface area (TPSA) is 21.4 Å². The lowest BCUT2D eigenvalue weighted by molar-refractivity contribution is 0.628. The highest BCUT2D eigenvalue weighted by Gasteiger charge is 2.28. The number of aromatic nitrogens is 2. The van der Waals surface area contributed by atoms with Crippen molar-refractivity contribution in [1.29, 1.82) is 0 Å². The molecule has 3 aromatic carbocycles. The fourth-order valence-corrected chi connectivity index (χ4v) is 5.52. The van der Waals surface area contributed by atoms with Crippen molar-refractivity contribution in [3.8, 4) is 22.4 Å². The second kappa shape index (κ2) is 8.82. The summed E-state index contributed by atoms with van der Waals surface area (Å²) >= 11 is 6.03. The van der Waals surface area contributed by atoms with E-state index < -0.39 is 0 Å². The van der Waals surface area contributed by atoms with E-state index in [-0.39, 0.29) is 5.82 Å².